The molecule has 0 radical (unpaired) electrons. The predicted molar refractivity (Wildman–Crippen MR) is 112 cm³/mol. The van der Waals surface area contributed by atoms with Gasteiger partial charge >= 0.3 is 0 Å². The summed E-state index contributed by atoms with van der Waals surface area (Å²) < 4.78 is 7.26. The number of hydrogen-bond acceptors (Lipinski definition) is 1. The number of quaternary nitrogens is 1. The largest absolute Gasteiger partial charge is 0.356 e. The van der Waals surface area contributed by atoms with E-state index in [-0.39, 0.29) is 6.10 Å². The van der Waals surface area contributed by atoms with Crippen LogP contribution in [0.5, 0.6) is 0 Å². The van der Waals surface area contributed by atoms with Gasteiger partial charge in [0, 0.05) is 0 Å². The van der Waals surface area contributed by atoms with E-state index in [1.807, 2.05) is 18.2 Å². The molecule has 2 nitrogen and oxygen atoms in total. The second-order valence-electron chi connectivity index (χ2n) is 7.34. The van der Waals surface area contributed by atoms with Crippen molar-refractivity contribution in [2.45, 2.75) is 25.4 Å². The van der Waals surface area contributed by atoms with Crippen molar-refractivity contribution >= 4 is 0 Å². The topological polar surface area (TPSA) is 9.23 Å². The van der Waals surface area contributed by atoms with E-state index >= 15 is 0 Å². The van der Waals surface area contributed by atoms with Gasteiger partial charge in [-0.25, -0.2) is 0 Å². The third-order valence-corrected chi connectivity index (χ3v) is 5.35. The molecule has 1 aliphatic heterocycles. The number of piperidine rings is 1. The fourth-order valence-electron chi connectivity index (χ4n) is 3.90. The third-order valence-electron chi connectivity index (χ3n) is 5.35. The van der Waals surface area contributed by atoms with E-state index in [9.17, 15) is 0 Å². The minimum absolute atomic E-state index is 0.0759. The lowest BCUT2D eigenvalue weighted by atomic mass is 10.0. The van der Waals surface area contributed by atoms with Crippen LogP contribution >= 0.6 is 0 Å². The fraction of sp³-hybridized carbons (Fsp3) is 0.360. The lowest BCUT2D eigenvalue weighted by Crippen LogP contribution is -2.51. The molecule has 1 fully saturated rings. The summed E-state index contributed by atoms with van der Waals surface area (Å²) >= 11 is 0. The molecule has 3 rings (SSSR count). The van der Waals surface area contributed by atoms with E-state index < -0.39 is 0 Å². The van der Waals surface area contributed by atoms with Gasteiger partial charge in [-0.15, -0.1) is 0 Å². The van der Waals surface area contributed by atoms with Crippen LogP contribution in [0.25, 0.3) is 0 Å². The van der Waals surface area contributed by atoms with Gasteiger partial charge < -0.3 is 9.22 Å². The SMILES string of the molecule is C=CC[N+]1(CC#CCOC(c2ccccc2)c2ccccc2)CCCCC1. The van der Waals surface area contributed by atoms with Gasteiger partial charge in [-0.1, -0.05) is 73.2 Å². The van der Waals surface area contributed by atoms with Crippen molar-refractivity contribution in [1.82, 2.24) is 0 Å². The first-order valence-corrected chi connectivity index (χ1v) is 9.96. The molecule has 0 amide bonds. The number of ether oxygens (including phenoxy) is 1. The number of nitrogens with zero attached hydrogens (tertiary/aromatic N) is 1. The Hall–Kier alpha value is -2.34. The zero-order valence-corrected chi connectivity index (χ0v) is 16.1. The van der Waals surface area contributed by atoms with E-state index in [2.05, 4.69) is 67.0 Å². The maximum Gasteiger partial charge on any atom is 0.141 e. The van der Waals surface area contributed by atoms with Gasteiger partial charge in [-0.05, 0) is 42.4 Å². The maximum absolute atomic E-state index is 6.20. The average Bonchev–Trinajstić information content (AvgIpc) is 2.73. The molecule has 0 aromatic heterocycles. The molecule has 2 heteroatoms. The summed E-state index contributed by atoms with van der Waals surface area (Å²) in [6.07, 6.45) is 5.92. The number of hydrogen-bond donors (Lipinski definition) is 0. The van der Waals surface area contributed by atoms with Crippen molar-refractivity contribution in [3.8, 4) is 11.8 Å². The van der Waals surface area contributed by atoms with E-state index in [0.29, 0.717) is 6.61 Å². The van der Waals surface area contributed by atoms with Crippen LogP contribution in [-0.2, 0) is 4.74 Å². The van der Waals surface area contributed by atoms with Crippen LogP contribution in [-0.4, -0.2) is 37.3 Å². The Morgan fingerprint density at radius 3 is 2.04 bits per heavy atom. The molecule has 0 saturated carbocycles. The van der Waals surface area contributed by atoms with Gasteiger partial charge in [0.2, 0.25) is 0 Å². The van der Waals surface area contributed by atoms with E-state index in [4.69, 9.17) is 4.74 Å². The van der Waals surface area contributed by atoms with Gasteiger partial charge in [0.1, 0.15) is 19.3 Å². The molecule has 1 aliphatic rings. The highest BCUT2D eigenvalue weighted by Gasteiger charge is 2.27. The number of likely N-dealkylation sites (tertiary alicyclic amines) is 1. The summed E-state index contributed by atoms with van der Waals surface area (Å²) in [5.41, 5.74) is 2.33. The van der Waals surface area contributed by atoms with E-state index in [1.54, 1.807) is 0 Å². The highest BCUT2D eigenvalue weighted by Crippen LogP contribution is 2.25. The first-order chi connectivity index (χ1) is 13.3. The molecule has 1 heterocycles. The third kappa shape index (κ3) is 5.57. The molecular formula is C25H30NO+. The molecule has 140 valence electrons. The van der Waals surface area contributed by atoms with Crippen LogP contribution in [0, 0.1) is 11.8 Å². The van der Waals surface area contributed by atoms with E-state index in [1.165, 1.54) is 32.4 Å². The van der Waals surface area contributed by atoms with Crippen molar-refractivity contribution in [3.63, 3.8) is 0 Å². The van der Waals surface area contributed by atoms with Gasteiger partial charge in [-0.3, -0.25) is 0 Å². The fourth-order valence-corrected chi connectivity index (χ4v) is 3.90. The van der Waals surface area contributed by atoms with Crippen molar-refractivity contribution in [2.75, 3.05) is 32.8 Å². The van der Waals surface area contributed by atoms with Gasteiger partial charge in [0.05, 0.1) is 19.6 Å². The number of benzene rings is 2. The minimum Gasteiger partial charge on any atom is -0.356 e. The van der Waals surface area contributed by atoms with Crippen molar-refractivity contribution in [1.29, 1.82) is 0 Å². The first-order valence-electron chi connectivity index (χ1n) is 9.96. The normalized spacial score (nSPS) is 15.7. The Kier molecular flexibility index (Phi) is 7.27. The van der Waals surface area contributed by atoms with Crippen LogP contribution in [0.3, 0.4) is 0 Å². The van der Waals surface area contributed by atoms with Crippen LogP contribution in [0.1, 0.15) is 36.5 Å². The zero-order valence-electron chi connectivity index (χ0n) is 16.1. The molecule has 0 aliphatic carbocycles. The Bertz CT molecular complexity index is 712. The lowest BCUT2D eigenvalue weighted by molar-refractivity contribution is -0.920. The second kappa shape index (κ2) is 10.1. The predicted octanol–water partition coefficient (Wildman–Crippen LogP) is 4.98. The quantitative estimate of drug-likeness (QED) is 0.384. The smallest absolute Gasteiger partial charge is 0.141 e. The Morgan fingerprint density at radius 1 is 0.889 bits per heavy atom. The molecule has 27 heavy (non-hydrogen) atoms. The van der Waals surface area contributed by atoms with Crippen molar-refractivity contribution < 1.29 is 9.22 Å². The van der Waals surface area contributed by atoms with Gasteiger partial charge in [0.15, 0.2) is 0 Å². The molecule has 0 bridgehead atoms. The molecular weight excluding hydrogens is 330 g/mol. The summed E-state index contributed by atoms with van der Waals surface area (Å²) in [4.78, 5) is 0. The summed E-state index contributed by atoms with van der Waals surface area (Å²) in [6, 6.07) is 20.7. The summed E-state index contributed by atoms with van der Waals surface area (Å²) in [6.45, 7) is 8.75. The molecule has 1 saturated heterocycles. The van der Waals surface area contributed by atoms with Crippen molar-refractivity contribution in [2.24, 2.45) is 0 Å². The zero-order chi connectivity index (χ0) is 18.8. The molecule has 0 atom stereocenters. The second-order valence-corrected chi connectivity index (χ2v) is 7.34. The van der Waals surface area contributed by atoms with Crippen LogP contribution in [0.15, 0.2) is 73.3 Å². The van der Waals surface area contributed by atoms with Gasteiger partial charge in [0.25, 0.3) is 0 Å². The summed E-state index contributed by atoms with van der Waals surface area (Å²) in [7, 11) is 0. The van der Waals surface area contributed by atoms with E-state index in [0.717, 1.165) is 28.7 Å². The van der Waals surface area contributed by atoms with Gasteiger partial charge in [-0.2, -0.15) is 0 Å². The van der Waals surface area contributed by atoms with Crippen LogP contribution < -0.4 is 0 Å². The standard InChI is InChI=1S/C25H30NO/c1-2-18-26(19-10-5-11-20-26)21-12-13-22-27-25(23-14-6-3-7-15-23)24-16-8-4-9-17-24/h2-4,6-9,14-17,25H,1,5,10-11,18-22H2/q+1. The minimum atomic E-state index is -0.0759. The first kappa shape index (κ1) is 19.4. The molecule has 0 spiro atoms. The monoisotopic (exact) mass is 360 g/mol. The van der Waals surface area contributed by atoms with Crippen molar-refractivity contribution in [3.05, 3.63) is 84.4 Å². The average molecular weight is 361 g/mol. The highest BCUT2D eigenvalue weighted by atomic mass is 16.5. The highest BCUT2D eigenvalue weighted by molar-refractivity contribution is 5.30. The number of rotatable bonds is 7. The lowest BCUT2D eigenvalue weighted by Gasteiger charge is -2.39. The molecule has 0 N–H and O–H groups in total. The molecule has 2 aromatic rings. The summed E-state index contributed by atoms with van der Waals surface area (Å²) in [5.74, 6) is 6.65. The van der Waals surface area contributed by atoms with Crippen LogP contribution in [0.2, 0.25) is 0 Å². The summed E-state index contributed by atoms with van der Waals surface area (Å²) in [5, 5.41) is 0. The molecule has 0 unspecified atom stereocenters. The van der Waals surface area contributed by atoms with Crippen LogP contribution in [0.4, 0.5) is 0 Å². The maximum atomic E-state index is 6.20. The Morgan fingerprint density at radius 2 is 1.48 bits per heavy atom. The Labute approximate surface area is 164 Å². The molecule has 2 aromatic carbocycles. The Balaban J connectivity index is 1.63.